The number of aromatic nitrogens is 2. The molecule has 0 spiro atoms. The molecular formula is C14H19N3O. The lowest BCUT2D eigenvalue weighted by molar-refractivity contribution is 0.375. The summed E-state index contributed by atoms with van der Waals surface area (Å²) in [6.45, 7) is 2.85. The van der Waals surface area contributed by atoms with Crippen LogP contribution in [0.25, 0.3) is 11.4 Å². The van der Waals surface area contributed by atoms with E-state index in [9.17, 15) is 0 Å². The average molecular weight is 245 g/mol. The zero-order valence-electron chi connectivity index (χ0n) is 10.7. The molecule has 0 bridgehead atoms. The molecule has 1 aromatic carbocycles. The van der Waals surface area contributed by atoms with Gasteiger partial charge in [0.15, 0.2) is 0 Å². The molecule has 1 aromatic heterocycles. The highest BCUT2D eigenvalue weighted by molar-refractivity contribution is 5.54. The van der Waals surface area contributed by atoms with Crippen LogP contribution in [0.15, 0.2) is 28.8 Å². The quantitative estimate of drug-likeness (QED) is 0.794. The van der Waals surface area contributed by atoms with E-state index in [-0.39, 0.29) is 0 Å². The molecule has 0 amide bonds. The van der Waals surface area contributed by atoms with Crippen LogP contribution in [0, 0.1) is 0 Å². The molecule has 0 aliphatic heterocycles. The molecule has 2 rings (SSSR count). The van der Waals surface area contributed by atoms with Crippen molar-refractivity contribution in [3.8, 4) is 11.4 Å². The number of rotatable bonds is 6. The first-order chi connectivity index (χ1) is 8.83. The van der Waals surface area contributed by atoms with Crippen molar-refractivity contribution in [2.24, 2.45) is 5.73 Å². The van der Waals surface area contributed by atoms with Gasteiger partial charge in [0.1, 0.15) is 0 Å². The van der Waals surface area contributed by atoms with E-state index in [4.69, 9.17) is 10.3 Å². The maximum absolute atomic E-state index is 5.45. The van der Waals surface area contributed by atoms with Gasteiger partial charge in [-0.15, -0.1) is 0 Å². The van der Waals surface area contributed by atoms with Crippen LogP contribution in [-0.2, 0) is 12.8 Å². The van der Waals surface area contributed by atoms with Gasteiger partial charge in [0.2, 0.25) is 11.7 Å². The Hall–Kier alpha value is -1.68. The first-order valence-corrected chi connectivity index (χ1v) is 6.45. The van der Waals surface area contributed by atoms with E-state index in [1.807, 2.05) is 12.1 Å². The number of unbranched alkanes of at least 4 members (excludes halogenated alkanes) is 1. The molecule has 1 heterocycles. The summed E-state index contributed by atoms with van der Waals surface area (Å²) < 4.78 is 5.22. The molecular weight excluding hydrogens is 226 g/mol. The summed E-state index contributed by atoms with van der Waals surface area (Å²) in [6.07, 6.45) is 3.82. The van der Waals surface area contributed by atoms with Crippen LogP contribution in [0.4, 0.5) is 0 Å². The van der Waals surface area contributed by atoms with Crippen molar-refractivity contribution in [2.45, 2.75) is 32.6 Å². The predicted octanol–water partition coefficient (Wildman–Crippen LogP) is 2.58. The fraction of sp³-hybridized carbons (Fsp3) is 0.429. The fourth-order valence-electron chi connectivity index (χ4n) is 1.78. The summed E-state index contributed by atoms with van der Waals surface area (Å²) in [5.74, 6) is 1.36. The van der Waals surface area contributed by atoms with Gasteiger partial charge in [0, 0.05) is 12.0 Å². The van der Waals surface area contributed by atoms with Gasteiger partial charge < -0.3 is 10.3 Å². The van der Waals surface area contributed by atoms with E-state index in [0.29, 0.717) is 18.3 Å². The normalized spacial score (nSPS) is 10.8. The summed E-state index contributed by atoms with van der Waals surface area (Å²) >= 11 is 0. The van der Waals surface area contributed by atoms with E-state index in [1.54, 1.807) is 0 Å². The van der Waals surface area contributed by atoms with Crippen LogP contribution < -0.4 is 5.73 Å². The molecule has 4 heteroatoms. The van der Waals surface area contributed by atoms with Gasteiger partial charge in [0.25, 0.3) is 0 Å². The third-order valence-electron chi connectivity index (χ3n) is 2.93. The topological polar surface area (TPSA) is 64.9 Å². The van der Waals surface area contributed by atoms with Gasteiger partial charge in [-0.05, 0) is 31.4 Å². The SMILES string of the molecule is CCc1ccc(-c2noc(CCCCN)n2)cc1. The van der Waals surface area contributed by atoms with Gasteiger partial charge in [0.05, 0.1) is 0 Å². The monoisotopic (exact) mass is 245 g/mol. The molecule has 96 valence electrons. The number of nitrogens with zero attached hydrogens (tertiary/aromatic N) is 2. The molecule has 0 saturated carbocycles. The summed E-state index contributed by atoms with van der Waals surface area (Å²) in [7, 11) is 0. The smallest absolute Gasteiger partial charge is 0.226 e. The number of hydrogen-bond acceptors (Lipinski definition) is 4. The first-order valence-electron chi connectivity index (χ1n) is 6.45. The highest BCUT2D eigenvalue weighted by Gasteiger charge is 2.07. The maximum Gasteiger partial charge on any atom is 0.226 e. The summed E-state index contributed by atoms with van der Waals surface area (Å²) in [5.41, 5.74) is 7.76. The summed E-state index contributed by atoms with van der Waals surface area (Å²) in [4.78, 5) is 4.39. The summed E-state index contributed by atoms with van der Waals surface area (Å²) in [5, 5.41) is 4.00. The summed E-state index contributed by atoms with van der Waals surface area (Å²) in [6, 6.07) is 8.26. The van der Waals surface area contributed by atoms with E-state index in [1.165, 1.54) is 5.56 Å². The number of nitrogens with two attached hydrogens (primary N) is 1. The zero-order valence-corrected chi connectivity index (χ0v) is 10.7. The molecule has 2 N–H and O–H groups in total. The maximum atomic E-state index is 5.45. The molecule has 0 aliphatic carbocycles. The molecule has 18 heavy (non-hydrogen) atoms. The van der Waals surface area contributed by atoms with Gasteiger partial charge in [-0.1, -0.05) is 36.3 Å². The largest absolute Gasteiger partial charge is 0.339 e. The van der Waals surface area contributed by atoms with Crippen molar-refractivity contribution in [1.82, 2.24) is 10.1 Å². The first kappa shape index (κ1) is 12.8. The van der Waals surface area contributed by atoms with Gasteiger partial charge in [-0.2, -0.15) is 4.98 Å². The third kappa shape index (κ3) is 3.17. The van der Waals surface area contributed by atoms with Crippen LogP contribution in [-0.4, -0.2) is 16.7 Å². The zero-order chi connectivity index (χ0) is 12.8. The van der Waals surface area contributed by atoms with Gasteiger partial charge in [-0.3, -0.25) is 0 Å². The van der Waals surface area contributed by atoms with Crippen LogP contribution in [0.1, 0.15) is 31.2 Å². The second-order valence-electron chi connectivity index (χ2n) is 4.31. The Morgan fingerprint density at radius 1 is 1.17 bits per heavy atom. The molecule has 4 nitrogen and oxygen atoms in total. The fourth-order valence-corrected chi connectivity index (χ4v) is 1.78. The second kappa shape index (κ2) is 6.31. The Bertz CT molecular complexity index is 476. The molecule has 0 radical (unpaired) electrons. The van der Waals surface area contributed by atoms with Crippen molar-refractivity contribution >= 4 is 0 Å². The van der Waals surface area contributed by atoms with Crippen molar-refractivity contribution in [3.63, 3.8) is 0 Å². The number of aryl methyl sites for hydroxylation is 2. The standard InChI is InChI=1S/C14H19N3O/c1-2-11-6-8-12(9-7-11)14-16-13(18-17-14)5-3-4-10-15/h6-9H,2-5,10,15H2,1H3. The lowest BCUT2D eigenvalue weighted by atomic mass is 10.1. The second-order valence-corrected chi connectivity index (χ2v) is 4.31. The van der Waals surface area contributed by atoms with Crippen LogP contribution >= 0.6 is 0 Å². The van der Waals surface area contributed by atoms with Gasteiger partial charge >= 0.3 is 0 Å². The Balaban J connectivity index is 2.04. The third-order valence-corrected chi connectivity index (χ3v) is 2.93. The Morgan fingerprint density at radius 3 is 2.61 bits per heavy atom. The lowest BCUT2D eigenvalue weighted by Crippen LogP contribution is -1.99. The van der Waals surface area contributed by atoms with Crippen molar-refractivity contribution in [1.29, 1.82) is 0 Å². The van der Waals surface area contributed by atoms with E-state index in [0.717, 1.165) is 31.2 Å². The highest BCUT2D eigenvalue weighted by atomic mass is 16.5. The Kier molecular flexibility index (Phi) is 4.47. The minimum Gasteiger partial charge on any atom is -0.339 e. The van der Waals surface area contributed by atoms with E-state index >= 15 is 0 Å². The Morgan fingerprint density at radius 2 is 1.94 bits per heavy atom. The molecule has 0 saturated heterocycles. The predicted molar refractivity (Wildman–Crippen MR) is 71.1 cm³/mol. The van der Waals surface area contributed by atoms with Crippen molar-refractivity contribution in [2.75, 3.05) is 6.54 Å². The van der Waals surface area contributed by atoms with Crippen LogP contribution in [0.3, 0.4) is 0 Å². The Labute approximate surface area is 107 Å². The van der Waals surface area contributed by atoms with E-state index < -0.39 is 0 Å². The molecule has 0 atom stereocenters. The number of benzene rings is 1. The molecule has 0 unspecified atom stereocenters. The van der Waals surface area contributed by atoms with Crippen LogP contribution in [0.5, 0.6) is 0 Å². The highest BCUT2D eigenvalue weighted by Crippen LogP contribution is 2.17. The minimum atomic E-state index is 0.667. The van der Waals surface area contributed by atoms with Gasteiger partial charge in [-0.25, -0.2) is 0 Å². The van der Waals surface area contributed by atoms with E-state index in [2.05, 4.69) is 29.2 Å². The number of hydrogen-bond donors (Lipinski definition) is 1. The molecule has 2 aromatic rings. The minimum absolute atomic E-state index is 0.667. The molecule has 0 aliphatic rings. The van der Waals surface area contributed by atoms with Crippen LogP contribution in [0.2, 0.25) is 0 Å². The molecule has 0 fully saturated rings. The average Bonchev–Trinajstić information content (AvgIpc) is 2.88. The van der Waals surface area contributed by atoms with Crippen molar-refractivity contribution < 1.29 is 4.52 Å². The van der Waals surface area contributed by atoms with Crippen molar-refractivity contribution in [3.05, 3.63) is 35.7 Å². The lowest BCUT2D eigenvalue weighted by Gasteiger charge is -1.97.